The number of hydrogen-bond acceptors (Lipinski definition) is 7. The summed E-state index contributed by atoms with van der Waals surface area (Å²) >= 11 is 0. The lowest BCUT2D eigenvalue weighted by molar-refractivity contribution is 0.0696. The fraction of sp³-hybridized carbons (Fsp3) is 0.0968. The number of rotatable bonds is 9. The number of fused-ring (bicyclic) bond motifs is 1. The van der Waals surface area contributed by atoms with E-state index in [2.05, 4.69) is 5.10 Å². The smallest absolute Gasteiger partial charge is 0.335 e. The second kappa shape index (κ2) is 11.5. The third kappa shape index (κ3) is 5.39. The Kier molecular flexibility index (Phi) is 7.54. The first kappa shape index (κ1) is 26.2. The van der Waals surface area contributed by atoms with Gasteiger partial charge in [-0.15, -0.1) is 0 Å². The number of ether oxygens (including phenoxy) is 3. The molecule has 0 fully saturated rings. The molecular formula is C31H25N3O6. The van der Waals surface area contributed by atoms with Crippen molar-refractivity contribution in [2.24, 2.45) is 5.10 Å². The number of methoxy groups -OCH3 is 2. The predicted molar refractivity (Wildman–Crippen MR) is 152 cm³/mol. The third-order valence-electron chi connectivity index (χ3n) is 6.15. The summed E-state index contributed by atoms with van der Waals surface area (Å²) in [5.41, 5.74) is 2.45. The molecule has 0 spiro atoms. The highest BCUT2D eigenvalue weighted by Crippen LogP contribution is 2.39. The van der Waals surface area contributed by atoms with E-state index in [-0.39, 0.29) is 17.7 Å². The van der Waals surface area contributed by atoms with Crippen molar-refractivity contribution < 1.29 is 24.1 Å². The van der Waals surface area contributed by atoms with E-state index in [1.54, 1.807) is 48.5 Å². The van der Waals surface area contributed by atoms with Crippen LogP contribution in [0, 0.1) is 0 Å². The molecule has 9 nitrogen and oxygen atoms in total. The van der Waals surface area contributed by atoms with Crippen LogP contribution in [0.5, 0.6) is 17.2 Å². The van der Waals surface area contributed by atoms with Crippen molar-refractivity contribution in [1.29, 1.82) is 0 Å². The number of hydrogen-bond donors (Lipinski definition) is 1. The number of carboxylic acid groups (broad SMARTS) is 1. The fourth-order valence-electron chi connectivity index (χ4n) is 4.20. The van der Waals surface area contributed by atoms with E-state index in [0.717, 1.165) is 5.56 Å². The Morgan fingerprint density at radius 2 is 1.62 bits per heavy atom. The lowest BCUT2D eigenvalue weighted by atomic mass is 10.1. The molecule has 0 saturated heterocycles. The molecule has 0 radical (unpaired) electrons. The number of carboxylic acids is 1. The molecule has 0 saturated carbocycles. The normalized spacial score (nSPS) is 11.1. The standard InChI is InChI=1S/C31H25N3O6/c1-38-26-16-21(17-27(39-2)28(26)40-19-20-9-8-12-23(15-20)31(36)37)18-32-34-29(22-10-4-3-5-11-22)33-25-14-7-6-13-24(25)30(34)35/h3-18H,19H2,1-2H3,(H,36,37). The molecule has 200 valence electrons. The van der Waals surface area contributed by atoms with Crippen LogP contribution in [0.1, 0.15) is 21.5 Å². The van der Waals surface area contributed by atoms with Crippen molar-refractivity contribution in [2.75, 3.05) is 14.2 Å². The number of aromatic carboxylic acids is 1. The van der Waals surface area contributed by atoms with Crippen molar-refractivity contribution in [3.05, 3.63) is 118 Å². The number of benzene rings is 4. The maximum absolute atomic E-state index is 13.4. The van der Waals surface area contributed by atoms with E-state index >= 15 is 0 Å². The van der Waals surface area contributed by atoms with Gasteiger partial charge in [-0.25, -0.2) is 9.78 Å². The summed E-state index contributed by atoms with van der Waals surface area (Å²) in [7, 11) is 3.00. The molecule has 0 bridgehead atoms. The third-order valence-corrected chi connectivity index (χ3v) is 6.15. The number of aromatic nitrogens is 2. The van der Waals surface area contributed by atoms with Crippen LogP contribution in [0.2, 0.25) is 0 Å². The Balaban J connectivity index is 1.52. The van der Waals surface area contributed by atoms with Crippen LogP contribution in [0.4, 0.5) is 0 Å². The van der Waals surface area contributed by atoms with E-state index in [1.807, 2.05) is 36.4 Å². The Morgan fingerprint density at radius 1 is 0.925 bits per heavy atom. The SMILES string of the molecule is COc1cc(C=Nn2c(-c3ccccc3)nc3ccccc3c2=O)cc(OC)c1OCc1cccc(C(=O)O)c1. The topological polar surface area (TPSA) is 112 Å². The Morgan fingerprint density at radius 3 is 2.33 bits per heavy atom. The molecule has 1 heterocycles. The van der Waals surface area contributed by atoms with Gasteiger partial charge in [-0.3, -0.25) is 4.79 Å². The summed E-state index contributed by atoms with van der Waals surface area (Å²) in [6.45, 7) is 0.0971. The number of carbonyl (C=O) groups is 1. The molecule has 4 aromatic carbocycles. The van der Waals surface area contributed by atoms with Crippen molar-refractivity contribution in [1.82, 2.24) is 9.66 Å². The lowest BCUT2D eigenvalue weighted by Crippen LogP contribution is -2.20. The molecule has 0 aliphatic rings. The maximum Gasteiger partial charge on any atom is 0.335 e. The summed E-state index contributed by atoms with van der Waals surface area (Å²) < 4.78 is 18.4. The molecule has 0 unspecified atom stereocenters. The van der Waals surface area contributed by atoms with Crippen LogP contribution in [-0.4, -0.2) is 41.2 Å². The molecular weight excluding hydrogens is 510 g/mol. The minimum absolute atomic E-state index is 0.0971. The molecule has 0 aliphatic carbocycles. The van der Waals surface area contributed by atoms with Gasteiger partial charge in [0.1, 0.15) is 6.61 Å². The van der Waals surface area contributed by atoms with Crippen LogP contribution < -0.4 is 19.8 Å². The van der Waals surface area contributed by atoms with Crippen molar-refractivity contribution in [2.45, 2.75) is 6.61 Å². The maximum atomic E-state index is 13.4. The average molecular weight is 536 g/mol. The quantitative estimate of drug-likeness (QED) is 0.257. The zero-order valence-electron chi connectivity index (χ0n) is 21.8. The van der Waals surface area contributed by atoms with E-state index in [0.29, 0.717) is 45.1 Å². The van der Waals surface area contributed by atoms with Gasteiger partial charge in [-0.2, -0.15) is 9.78 Å². The highest BCUT2D eigenvalue weighted by molar-refractivity contribution is 5.87. The molecule has 40 heavy (non-hydrogen) atoms. The van der Waals surface area contributed by atoms with Crippen LogP contribution >= 0.6 is 0 Å². The van der Waals surface area contributed by atoms with Gasteiger partial charge >= 0.3 is 5.97 Å². The summed E-state index contributed by atoms with van der Waals surface area (Å²) in [6.07, 6.45) is 1.52. The van der Waals surface area contributed by atoms with E-state index < -0.39 is 5.97 Å². The molecule has 0 amide bonds. The Hall–Kier alpha value is -5.44. The van der Waals surface area contributed by atoms with Crippen LogP contribution in [-0.2, 0) is 6.61 Å². The van der Waals surface area contributed by atoms with Crippen LogP contribution in [0.15, 0.2) is 101 Å². The van der Waals surface area contributed by atoms with Gasteiger partial charge < -0.3 is 19.3 Å². The van der Waals surface area contributed by atoms with Crippen LogP contribution in [0.3, 0.4) is 0 Å². The summed E-state index contributed by atoms with van der Waals surface area (Å²) in [5, 5.41) is 14.2. The Bertz CT molecular complexity index is 1750. The second-order valence-corrected chi connectivity index (χ2v) is 8.73. The number of nitrogens with zero attached hydrogens (tertiary/aromatic N) is 3. The van der Waals surface area contributed by atoms with Crippen molar-refractivity contribution >= 4 is 23.1 Å². The summed E-state index contributed by atoms with van der Waals surface area (Å²) in [5.74, 6) is 0.488. The zero-order chi connectivity index (χ0) is 28.1. The van der Waals surface area contributed by atoms with E-state index in [9.17, 15) is 14.7 Å². The van der Waals surface area contributed by atoms with Crippen molar-refractivity contribution in [3.63, 3.8) is 0 Å². The summed E-state index contributed by atoms with van der Waals surface area (Å²) in [6, 6.07) is 26.4. The molecule has 5 rings (SSSR count). The van der Waals surface area contributed by atoms with Gasteiger partial charge in [0.25, 0.3) is 5.56 Å². The van der Waals surface area contributed by atoms with Crippen LogP contribution in [0.25, 0.3) is 22.3 Å². The summed E-state index contributed by atoms with van der Waals surface area (Å²) in [4.78, 5) is 29.4. The second-order valence-electron chi connectivity index (χ2n) is 8.73. The highest BCUT2D eigenvalue weighted by atomic mass is 16.5. The molecule has 1 N–H and O–H groups in total. The van der Waals surface area contributed by atoms with Gasteiger partial charge in [-0.1, -0.05) is 54.6 Å². The molecule has 0 aliphatic heterocycles. The molecule has 0 atom stereocenters. The van der Waals surface area contributed by atoms with E-state index in [4.69, 9.17) is 19.2 Å². The van der Waals surface area contributed by atoms with Gasteiger partial charge in [0.05, 0.1) is 36.9 Å². The fourth-order valence-corrected chi connectivity index (χ4v) is 4.20. The van der Waals surface area contributed by atoms with Gasteiger partial charge in [0, 0.05) is 11.1 Å². The Labute approximate surface area is 229 Å². The first-order valence-corrected chi connectivity index (χ1v) is 12.3. The predicted octanol–water partition coefficient (Wildman–Crippen LogP) is 5.24. The molecule has 1 aromatic heterocycles. The lowest BCUT2D eigenvalue weighted by Gasteiger charge is -2.15. The van der Waals surface area contributed by atoms with Crippen molar-refractivity contribution in [3.8, 4) is 28.6 Å². The monoisotopic (exact) mass is 535 g/mol. The highest BCUT2D eigenvalue weighted by Gasteiger charge is 2.16. The van der Waals surface area contributed by atoms with Gasteiger partial charge in [-0.05, 0) is 42.0 Å². The van der Waals surface area contributed by atoms with E-state index in [1.165, 1.54) is 31.2 Å². The van der Waals surface area contributed by atoms with Gasteiger partial charge in [0.15, 0.2) is 17.3 Å². The average Bonchev–Trinajstić information content (AvgIpc) is 2.99. The minimum Gasteiger partial charge on any atom is -0.493 e. The number of para-hydroxylation sites is 1. The molecule has 5 aromatic rings. The minimum atomic E-state index is -1.02. The first-order valence-electron chi connectivity index (χ1n) is 12.3. The molecule has 9 heteroatoms. The largest absolute Gasteiger partial charge is 0.493 e. The first-order chi connectivity index (χ1) is 19.5. The van der Waals surface area contributed by atoms with Gasteiger partial charge in [0.2, 0.25) is 5.75 Å². The zero-order valence-corrected chi connectivity index (χ0v) is 21.8.